The molecular weight excluding hydrogens is 276 g/mol. The lowest BCUT2D eigenvalue weighted by molar-refractivity contribution is 0.0735. The molecule has 0 saturated carbocycles. The summed E-state index contributed by atoms with van der Waals surface area (Å²) in [5, 5.41) is 3.29. The number of hydrogen-bond acceptors (Lipinski definition) is 4. The Morgan fingerprint density at radius 3 is 2.55 bits per heavy atom. The summed E-state index contributed by atoms with van der Waals surface area (Å²) >= 11 is 0. The first-order valence-corrected chi connectivity index (χ1v) is 8.22. The van der Waals surface area contributed by atoms with Crippen LogP contribution in [0.3, 0.4) is 0 Å². The fourth-order valence-corrected chi connectivity index (χ4v) is 3.12. The molecular formula is C17H26N4O. The molecule has 1 N–H and O–H groups in total. The van der Waals surface area contributed by atoms with Crippen molar-refractivity contribution in [3.05, 3.63) is 35.4 Å². The van der Waals surface area contributed by atoms with Crippen LogP contribution in [0.2, 0.25) is 0 Å². The monoisotopic (exact) mass is 302 g/mol. The van der Waals surface area contributed by atoms with E-state index in [9.17, 15) is 4.79 Å². The Balaban J connectivity index is 1.63. The normalized spacial score (nSPS) is 21.0. The van der Waals surface area contributed by atoms with E-state index in [0.29, 0.717) is 0 Å². The molecule has 0 atom stereocenters. The third kappa shape index (κ3) is 3.85. The summed E-state index contributed by atoms with van der Waals surface area (Å²) in [5.41, 5.74) is 2.07. The second kappa shape index (κ2) is 7.22. The summed E-state index contributed by atoms with van der Waals surface area (Å²) in [5.74, 6) is 0.168. The molecule has 2 saturated heterocycles. The molecule has 0 aliphatic carbocycles. The van der Waals surface area contributed by atoms with Gasteiger partial charge in [-0.05, 0) is 24.7 Å². The fraction of sp³-hybridized carbons (Fsp3) is 0.588. The summed E-state index contributed by atoms with van der Waals surface area (Å²) in [7, 11) is 2.17. The van der Waals surface area contributed by atoms with E-state index in [-0.39, 0.29) is 5.91 Å². The summed E-state index contributed by atoms with van der Waals surface area (Å²) in [6.45, 7) is 8.80. The molecule has 3 rings (SSSR count). The maximum atomic E-state index is 12.6. The maximum absolute atomic E-state index is 12.6. The molecule has 0 radical (unpaired) electrons. The lowest BCUT2D eigenvalue weighted by Crippen LogP contribution is -2.46. The summed E-state index contributed by atoms with van der Waals surface area (Å²) in [6.07, 6.45) is 0. The summed E-state index contributed by atoms with van der Waals surface area (Å²) in [6, 6.07) is 8.16. The molecule has 1 aromatic rings. The van der Waals surface area contributed by atoms with Gasteiger partial charge in [0.15, 0.2) is 0 Å². The van der Waals surface area contributed by atoms with Crippen molar-refractivity contribution in [3.8, 4) is 0 Å². The van der Waals surface area contributed by atoms with Gasteiger partial charge in [0.05, 0.1) is 0 Å². The van der Waals surface area contributed by atoms with Gasteiger partial charge >= 0.3 is 0 Å². The van der Waals surface area contributed by atoms with E-state index in [1.54, 1.807) is 0 Å². The Hall–Kier alpha value is -1.43. The molecule has 2 aliphatic rings. The third-order valence-corrected chi connectivity index (χ3v) is 4.58. The second-order valence-corrected chi connectivity index (χ2v) is 6.32. The molecule has 0 aromatic heterocycles. The van der Waals surface area contributed by atoms with Crippen LogP contribution in [0.5, 0.6) is 0 Å². The third-order valence-electron chi connectivity index (χ3n) is 4.58. The Morgan fingerprint density at radius 1 is 1.09 bits per heavy atom. The highest BCUT2D eigenvalue weighted by molar-refractivity contribution is 5.94. The van der Waals surface area contributed by atoms with Gasteiger partial charge in [-0.25, -0.2) is 0 Å². The van der Waals surface area contributed by atoms with Crippen molar-refractivity contribution in [2.75, 3.05) is 59.4 Å². The Bertz CT molecular complexity index is 505. The standard InChI is InChI=1S/C17H26N4O/c1-19-9-11-20(12-10-19)14-15-3-2-4-16(13-15)17(22)21-7-5-18-6-8-21/h2-4,13,18H,5-12,14H2,1H3. The second-order valence-electron chi connectivity index (χ2n) is 6.32. The minimum atomic E-state index is 0.168. The van der Waals surface area contributed by atoms with Crippen LogP contribution in [0, 0.1) is 0 Å². The maximum Gasteiger partial charge on any atom is 0.253 e. The van der Waals surface area contributed by atoms with Crippen molar-refractivity contribution in [3.63, 3.8) is 0 Å². The van der Waals surface area contributed by atoms with Gasteiger partial charge in [0.25, 0.3) is 5.91 Å². The smallest absolute Gasteiger partial charge is 0.253 e. The average Bonchev–Trinajstić information content (AvgIpc) is 2.57. The van der Waals surface area contributed by atoms with Crippen LogP contribution in [-0.2, 0) is 6.54 Å². The SMILES string of the molecule is CN1CCN(Cc2cccc(C(=O)N3CCNCC3)c2)CC1. The van der Waals surface area contributed by atoms with E-state index in [4.69, 9.17) is 0 Å². The van der Waals surface area contributed by atoms with Gasteiger partial charge in [-0.3, -0.25) is 9.69 Å². The number of carbonyl (C=O) groups is 1. The largest absolute Gasteiger partial charge is 0.336 e. The van der Waals surface area contributed by atoms with Gasteiger partial charge < -0.3 is 15.1 Å². The van der Waals surface area contributed by atoms with Crippen LogP contribution in [0.15, 0.2) is 24.3 Å². The molecule has 2 heterocycles. The van der Waals surface area contributed by atoms with E-state index >= 15 is 0 Å². The highest BCUT2D eigenvalue weighted by Crippen LogP contribution is 2.12. The zero-order valence-electron chi connectivity index (χ0n) is 13.4. The quantitative estimate of drug-likeness (QED) is 0.881. The van der Waals surface area contributed by atoms with Gasteiger partial charge in [0.2, 0.25) is 0 Å². The van der Waals surface area contributed by atoms with Crippen molar-refractivity contribution in [1.29, 1.82) is 0 Å². The highest BCUT2D eigenvalue weighted by Gasteiger charge is 2.19. The van der Waals surface area contributed by atoms with E-state index in [2.05, 4.69) is 34.3 Å². The number of carbonyl (C=O) groups excluding carboxylic acids is 1. The molecule has 2 aliphatic heterocycles. The summed E-state index contributed by atoms with van der Waals surface area (Å²) < 4.78 is 0. The first-order chi connectivity index (χ1) is 10.7. The minimum Gasteiger partial charge on any atom is -0.336 e. The zero-order valence-corrected chi connectivity index (χ0v) is 13.4. The lowest BCUT2D eigenvalue weighted by atomic mass is 10.1. The molecule has 1 aromatic carbocycles. The van der Waals surface area contributed by atoms with E-state index < -0.39 is 0 Å². The number of nitrogens with zero attached hydrogens (tertiary/aromatic N) is 3. The first-order valence-electron chi connectivity index (χ1n) is 8.22. The summed E-state index contributed by atoms with van der Waals surface area (Å²) in [4.78, 5) is 19.3. The Kier molecular flexibility index (Phi) is 5.08. The number of amides is 1. The van der Waals surface area contributed by atoms with Crippen molar-refractivity contribution in [2.45, 2.75) is 6.54 Å². The predicted octanol–water partition coefficient (Wildman–Crippen LogP) is 0.479. The van der Waals surface area contributed by atoms with Gasteiger partial charge in [0.1, 0.15) is 0 Å². The lowest BCUT2D eigenvalue weighted by Gasteiger charge is -2.32. The topological polar surface area (TPSA) is 38.8 Å². The zero-order chi connectivity index (χ0) is 15.4. The van der Waals surface area contributed by atoms with Crippen LogP contribution in [0.25, 0.3) is 0 Å². The number of rotatable bonds is 3. The molecule has 0 unspecified atom stereocenters. The number of likely N-dealkylation sites (N-methyl/N-ethyl adjacent to an activating group) is 1. The number of piperazine rings is 2. The molecule has 0 spiro atoms. The highest BCUT2D eigenvalue weighted by atomic mass is 16.2. The fourth-order valence-electron chi connectivity index (χ4n) is 3.12. The van der Waals surface area contributed by atoms with Crippen LogP contribution in [0.1, 0.15) is 15.9 Å². The van der Waals surface area contributed by atoms with Gasteiger partial charge in [0, 0.05) is 64.5 Å². The predicted molar refractivity (Wildman–Crippen MR) is 88.0 cm³/mol. The Labute approximate surface area is 132 Å². The molecule has 5 heteroatoms. The number of hydrogen-bond donors (Lipinski definition) is 1. The minimum absolute atomic E-state index is 0.168. The van der Waals surface area contributed by atoms with Crippen LogP contribution >= 0.6 is 0 Å². The molecule has 1 amide bonds. The molecule has 22 heavy (non-hydrogen) atoms. The van der Waals surface area contributed by atoms with Gasteiger partial charge in [-0.15, -0.1) is 0 Å². The molecule has 120 valence electrons. The van der Waals surface area contributed by atoms with Crippen molar-refractivity contribution >= 4 is 5.91 Å². The van der Waals surface area contributed by atoms with Gasteiger partial charge in [-0.1, -0.05) is 12.1 Å². The Morgan fingerprint density at radius 2 is 1.82 bits per heavy atom. The molecule has 0 bridgehead atoms. The number of nitrogens with one attached hydrogen (secondary N) is 1. The number of benzene rings is 1. The van der Waals surface area contributed by atoms with E-state index in [0.717, 1.165) is 64.5 Å². The van der Waals surface area contributed by atoms with E-state index in [1.807, 2.05) is 17.0 Å². The van der Waals surface area contributed by atoms with Crippen LogP contribution in [-0.4, -0.2) is 80.0 Å². The van der Waals surface area contributed by atoms with Gasteiger partial charge in [-0.2, -0.15) is 0 Å². The van der Waals surface area contributed by atoms with Crippen LogP contribution < -0.4 is 5.32 Å². The van der Waals surface area contributed by atoms with Crippen molar-refractivity contribution < 1.29 is 4.79 Å². The molecule has 2 fully saturated rings. The first kappa shape index (κ1) is 15.5. The average molecular weight is 302 g/mol. The van der Waals surface area contributed by atoms with E-state index in [1.165, 1.54) is 5.56 Å². The van der Waals surface area contributed by atoms with Crippen molar-refractivity contribution in [2.24, 2.45) is 0 Å². The molecule has 5 nitrogen and oxygen atoms in total. The van der Waals surface area contributed by atoms with Crippen LogP contribution in [0.4, 0.5) is 0 Å². The van der Waals surface area contributed by atoms with Crippen molar-refractivity contribution in [1.82, 2.24) is 20.0 Å².